The van der Waals surface area contributed by atoms with Crippen LogP contribution in [-0.2, 0) is 22.9 Å². The lowest BCUT2D eigenvalue weighted by molar-refractivity contribution is 0.0139. The van der Waals surface area contributed by atoms with Crippen molar-refractivity contribution in [2.75, 3.05) is 40.0 Å². The summed E-state index contributed by atoms with van der Waals surface area (Å²) >= 11 is 0. The maximum absolute atomic E-state index is 9.61. The second-order valence-electron chi connectivity index (χ2n) is 4.13. The molecule has 0 amide bonds. The third kappa shape index (κ3) is 6.11. The second-order valence-corrected chi connectivity index (χ2v) is 4.13. The highest BCUT2D eigenvalue weighted by Crippen LogP contribution is 1.94. The van der Waals surface area contributed by atoms with E-state index in [4.69, 9.17) is 9.47 Å². The van der Waals surface area contributed by atoms with E-state index in [1.54, 1.807) is 13.3 Å². The zero-order valence-electron chi connectivity index (χ0n) is 11.1. The fourth-order valence-electron chi connectivity index (χ4n) is 1.53. The summed E-state index contributed by atoms with van der Waals surface area (Å²) in [7, 11) is 3.60. The van der Waals surface area contributed by atoms with Gasteiger partial charge < -0.3 is 24.5 Å². The second kappa shape index (κ2) is 9.04. The zero-order valence-corrected chi connectivity index (χ0v) is 11.1. The molecule has 2 N–H and O–H groups in total. The third-order valence-corrected chi connectivity index (χ3v) is 2.57. The van der Waals surface area contributed by atoms with Crippen LogP contribution in [0.2, 0.25) is 0 Å². The fourth-order valence-corrected chi connectivity index (χ4v) is 1.53. The standard InChI is InChI=1S/C12H23N3O3/c1-15-6-5-14-12(15)3-4-13-9-11(16)10-18-8-7-17-2/h5-6,11,13,16H,3-4,7-10H2,1-2H3. The number of methoxy groups -OCH3 is 1. The Bertz CT molecular complexity index is 317. The lowest BCUT2D eigenvalue weighted by Crippen LogP contribution is -2.32. The van der Waals surface area contributed by atoms with Crippen LogP contribution in [0.15, 0.2) is 12.4 Å². The summed E-state index contributed by atoms with van der Waals surface area (Å²) in [6, 6.07) is 0. The summed E-state index contributed by atoms with van der Waals surface area (Å²) in [5.41, 5.74) is 0. The number of rotatable bonds is 10. The summed E-state index contributed by atoms with van der Waals surface area (Å²) in [6.45, 7) is 2.72. The Morgan fingerprint density at radius 2 is 2.33 bits per heavy atom. The van der Waals surface area contributed by atoms with E-state index in [0.29, 0.717) is 26.4 Å². The van der Waals surface area contributed by atoms with Crippen molar-refractivity contribution in [1.82, 2.24) is 14.9 Å². The molecule has 18 heavy (non-hydrogen) atoms. The van der Waals surface area contributed by atoms with Gasteiger partial charge in [-0.3, -0.25) is 0 Å². The molecule has 0 saturated heterocycles. The number of imidazole rings is 1. The Kier molecular flexibility index (Phi) is 7.59. The molecular formula is C12H23N3O3. The average Bonchev–Trinajstić information content (AvgIpc) is 2.76. The van der Waals surface area contributed by atoms with E-state index in [9.17, 15) is 5.11 Å². The van der Waals surface area contributed by atoms with Crippen molar-refractivity contribution in [2.45, 2.75) is 12.5 Å². The molecule has 0 bridgehead atoms. The fraction of sp³-hybridized carbons (Fsp3) is 0.750. The number of hydrogen-bond acceptors (Lipinski definition) is 5. The molecule has 0 aliphatic rings. The molecule has 104 valence electrons. The van der Waals surface area contributed by atoms with Gasteiger partial charge in [-0.2, -0.15) is 0 Å². The molecular weight excluding hydrogens is 234 g/mol. The van der Waals surface area contributed by atoms with Gasteiger partial charge in [-0.05, 0) is 0 Å². The highest BCUT2D eigenvalue weighted by atomic mass is 16.5. The maximum Gasteiger partial charge on any atom is 0.109 e. The largest absolute Gasteiger partial charge is 0.389 e. The summed E-state index contributed by atoms with van der Waals surface area (Å²) in [4.78, 5) is 4.22. The van der Waals surface area contributed by atoms with Gasteiger partial charge in [-0.15, -0.1) is 0 Å². The van der Waals surface area contributed by atoms with Gasteiger partial charge in [0.15, 0.2) is 0 Å². The van der Waals surface area contributed by atoms with Gasteiger partial charge in [0.2, 0.25) is 0 Å². The predicted octanol–water partition coefficient (Wildman–Crippen LogP) is -0.424. The van der Waals surface area contributed by atoms with Crippen molar-refractivity contribution in [2.24, 2.45) is 7.05 Å². The van der Waals surface area contributed by atoms with Crippen LogP contribution in [0, 0.1) is 0 Å². The number of nitrogens with one attached hydrogen (secondary N) is 1. The Hall–Kier alpha value is -0.950. The SMILES string of the molecule is COCCOCC(O)CNCCc1nccn1C. The van der Waals surface area contributed by atoms with Gasteiger partial charge in [-0.25, -0.2) is 4.98 Å². The van der Waals surface area contributed by atoms with Crippen molar-refractivity contribution in [3.05, 3.63) is 18.2 Å². The predicted molar refractivity (Wildman–Crippen MR) is 68.5 cm³/mol. The van der Waals surface area contributed by atoms with E-state index < -0.39 is 6.10 Å². The number of aliphatic hydroxyl groups is 1. The van der Waals surface area contributed by atoms with Crippen LogP contribution in [0.3, 0.4) is 0 Å². The van der Waals surface area contributed by atoms with Crippen molar-refractivity contribution in [3.63, 3.8) is 0 Å². The first-order chi connectivity index (χ1) is 8.74. The van der Waals surface area contributed by atoms with Crippen LogP contribution in [0.5, 0.6) is 0 Å². The normalized spacial score (nSPS) is 12.8. The van der Waals surface area contributed by atoms with Gasteiger partial charge in [0.1, 0.15) is 5.82 Å². The minimum atomic E-state index is -0.483. The molecule has 0 aliphatic heterocycles. The summed E-state index contributed by atoms with van der Waals surface area (Å²) in [5, 5.41) is 12.8. The summed E-state index contributed by atoms with van der Waals surface area (Å²) in [6.07, 6.45) is 4.07. The van der Waals surface area contributed by atoms with Gasteiger partial charge in [0.25, 0.3) is 0 Å². The van der Waals surface area contributed by atoms with Crippen LogP contribution < -0.4 is 5.32 Å². The van der Waals surface area contributed by atoms with Gasteiger partial charge >= 0.3 is 0 Å². The van der Waals surface area contributed by atoms with Crippen LogP contribution in [0.4, 0.5) is 0 Å². The van der Waals surface area contributed by atoms with Crippen LogP contribution in [-0.4, -0.2) is 60.8 Å². The Labute approximate surface area is 108 Å². The number of nitrogens with zero attached hydrogens (tertiary/aromatic N) is 2. The molecule has 0 radical (unpaired) electrons. The van der Waals surface area contributed by atoms with E-state index in [0.717, 1.165) is 18.8 Å². The minimum absolute atomic E-state index is 0.332. The van der Waals surface area contributed by atoms with E-state index in [1.807, 2.05) is 17.8 Å². The molecule has 1 heterocycles. The average molecular weight is 257 g/mol. The van der Waals surface area contributed by atoms with E-state index in [1.165, 1.54) is 0 Å². The Morgan fingerprint density at radius 3 is 3.00 bits per heavy atom. The van der Waals surface area contributed by atoms with Crippen LogP contribution in [0.25, 0.3) is 0 Å². The molecule has 6 heteroatoms. The van der Waals surface area contributed by atoms with Crippen LogP contribution >= 0.6 is 0 Å². The number of hydrogen-bond donors (Lipinski definition) is 2. The highest BCUT2D eigenvalue weighted by Gasteiger charge is 2.04. The first-order valence-electron chi connectivity index (χ1n) is 6.15. The third-order valence-electron chi connectivity index (χ3n) is 2.57. The van der Waals surface area contributed by atoms with Gasteiger partial charge in [0, 0.05) is 46.1 Å². The quantitative estimate of drug-likeness (QED) is 0.557. The van der Waals surface area contributed by atoms with Crippen molar-refractivity contribution in [3.8, 4) is 0 Å². The number of aromatic nitrogens is 2. The van der Waals surface area contributed by atoms with Crippen LogP contribution in [0.1, 0.15) is 5.82 Å². The molecule has 1 rings (SSSR count). The zero-order chi connectivity index (χ0) is 13.2. The van der Waals surface area contributed by atoms with E-state index in [2.05, 4.69) is 10.3 Å². The van der Waals surface area contributed by atoms with E-state index >= 15 is 0 Å². The molecule has 0 saturated carbocycles. The van der Waals surface area contributed by atoms with Crippen molar-refractivity contribution < 1.29 is 14.6 Å². The number of aliphatic hydroxyl groups excluding tert-OH is 1. The van der Waals surface area contributed by atoms with Gasteiger partial charge in [-0.1, -0.05) is 0 Å². The molecule has 0 fully saturated rings. The highest BCUT2D eigenvalue weighted by molar-refractivity contribution is 4.91. The smallest absolute Gasteiger partial charge is 0.109 e. The topological polar surface area (TPSA) is 68.5 Å². The van der Waals surface area contributed by atoms with Gasteiger partial charge in [0.05, 0.1) is 25.9 Å². The molecule has 6 nitrogen and oxygen atoms in total. The molecule has 0 aliphatic carbocycles. The lowest BCUT2D eigenvalue weighted by Gasteiger charge is -2.12. The first-order valence-corrected chi connectivity index (χ1v) is 6.15. The summed E-state index contributed by atoms with van der Waals surface area (Å²) in [5.74, 6) is 1.04. The molecule has 1 atom stereocenters. The number of aryl methyl sites for hydroxylation is 1. The first kappa shape index (κ1) is 15.1. The van der Waals surface area contributed by atoms with Crippen molar-refractivity contribution >= 4 is 0 Å². The minimum Gasteiger partial charge on any atom is -0.389 e. The van der Waals surface area contributed by atoms with Crippen molar-refractivity contribution in [1.29, 1.82) is 0 Å². The molecule has 1 unspecified atom stereocenters. The summed E-state index contributed by atoms with van der Waals surface area (Å²) < 4.78 is 12.1. The number of ether oxygens (including phenoxy) is 2. The molecule has 1 aromatic rings. The Balaban J connectivity index is 1.98. The maximum atomic E-state index is 9.61. The molecule has 0 aromatic carbocycles. The van der Waals surface area contributed by atoms with E-state index in [-0.39, 0.29) is 0 Å². The Morgan fingerprint density at radius 1 is 1.50 bits per heavy atom. The lowest BCUT2D eigenvalue weighted by atomic mass is 10.3. The molecule has 1 aromatic heterocycles. The molecule has 0 spiro atoms. The monoisotopic (exact) mass is 257 g/mol.